The number of methoxy groups -OCH3 is 2. The first-order valence-corrected chi connectivity index (χ1v) is 8.72. The number of nitrogens with one attached hydrogen (secondary N) is 1. The van der Waals surface area contributed by atoms with Gasteiger partial charge >= 0.3 is 0 Å². The Hall–Kier alpha value is -2.89. The van der Waals surface area contributed by atoms with Gasteiger partial charge in [-0.05, 0) is 49.6 Å². The molecule has 0 saturated carbocycles. The third-order valence-electron chi connectivity index (χ3n) is 4.84. The van der Waals surface area contributed by atoms with Gasteiger partial charge in [-0.2, -0.15) is 0 Å². The van der Waals surface area contributed by atoms with Crippen LogP contribution in [0.25, 0.3) is 0 Å². The number of nitrogen functional groups attached to an aromatic ring is 1. The summed E-state index contributed by atoms with van der Waals surface area (Å²) in [5.41, 5.74) is 9.69. The molecule has 1 heterocycles. The average molecular weight is 355 g/mol. The summed E-state index contributed by atoms with van der Waals surface area (Å²) in [4.78, 5) is 15.0. The SMILES string of the molecule is COc1ccc(NC(=O)C(C)N2CCCc3c(N)cccc32)c(OC)c1. The van der Waals surface area contributed by atoms with Crippen LogP contribution in [0, 0.1) is 0 Å². The molecule has 0 spiro atoms. The molecule has 3 N–H and O–H groups in total. The van der Waals surface area contributed by atoms with Crippen LogP contribution in [-0.2, 0) is 11.2 Å². The summed E-state index contributed by atoms with van der Waals surface area (Å²) in [5, 5.41) is 2.96. The number of hydrogen-bond acceptors (Lipinski definition) is 5. The third kappa shape index (κ3) is 3.40. The molecule has 2 aromatic rings. The van der Waals surface area contributed by atoms with Gasteiger partial charge in [-0.1, -0.05) is 6.07 Å². The second-order valence-corrected chi connectivity index (χ2v) is 6.37. The fourth-order valence-electron chi connectivity index (χ4n) is 3.36. The number of nitrogens with zero attached hydrogens (tertiary/aromatic N) is 1. The van der Waals surface area contributed by atoms with Crippen molar-refractivity contribution in [3.05, 3.63) is 42.0 Å². The Bertz CT molecular complexity index is 807. The molecule has 0 saturated heterocycles. The first kappa shape index (κ1) is 17.9. The van der Waals surface area contributed by atoms with Crippen molar-refractivity contribution in [2.75, 3.05) is 36.7 Å². The number of carbonyl (C=O) groups excluding carboxylic acids is 1. The zero-order chi connectivity index (χ0) is 18.7. The lowest BCUT2D eigenvalue weighted by Crippen LogP contribution is -2.44. The monoisotopic (exact) mass is 355 g/mol. The molecule has 0 aromatic heterocycles. The Labute approximate surface area is 153 Å². The fourth-order valence-corrected chi connectivity index (χ4v) is 3.36. The Kier molecular flexibility index (Phi) is 5.21. The van der Waals surface area contributed by atoms with Crippen LogP contribution in [0.1, 0.15) is 18.9 Å². The summed E-state index contributed by atoms with van der Waals surface area (Å²) >= 11 is 0. The number of benzene rings is 2. The fraction of sp³-hybridized carbons (Fsp3) is 0.350. The molecular formula is C20H25N3O3. The summed E-state index contributed by atoms with van der Waals surface area (Å²) in [6.07, 6.45) is 1.92. The van der Waals surface area contributed by atoms with E-state index in [1.807, 2.05) is 25.1 Å². The van der Waals surface area contributed by atoms with Crippen molar-refractivity contribution in [3.8, 4) is 11.5 Å². The molecule has 2 aromatic carbocycles. The number of amides is 1. The lowest BCUT2D eigenvalue weighted by Gasteiger charge is -2.36. The van der Waals surface area contributed by atoms with Crippen molar-refractivity contribution < 1.29 is 14.3 Å². The van der Waals surface area contributed by atoms with Gasteiger partial charge in [0.2, 0.25) is 5.91 Å². The van der Waals surface area contributed by atoms with Gasteiger partial charge in [0.05, 0.1) is 19.9 Å². The van der Waals surface area contributed by atoms with E-state index in [1.54, 1.807) is 32.4 Å². The normalized spacial score (nSPS) is 14.3. The Morgan fingerprint density at radius 2 is 2.04 bits per heavy atom. The number of fused-ring (bicyclic) bond motifs is 1. The maximum Gasteiger partial charge on any atom is 0.246 e. The molecule has 26 heavy (non-hydrogen) atoms. The molecule has 138 valence electrons. The highest BCUT2D eigenvalue weighted by Gasteiger charge is 2.27. The maximum absolute atomic E-state index is 12.9. The second kappa shape index (κ2) is 7.56. The summed E-state index contributed by atoms with van der Waals surface area (Å²) < 4.78 is 10.6. The molecule has 6 heteroatoms. The highest BCUT2D eigenvalue weighted by Crippen LogP contribution is 2.33. The molecule has 1 amide bonds. The lowest BCUT2D eigenvalue weighted by atomic mass is 9.98. The van der Waals surface area contributed by atoms with E-state index >= 15 is 0 Å². The van der Waals surface area contributed by atoms with Gasteiger partial charge in [0.25, 0.3) is 0 Å². The van der Waals surface area contributed by atoms with Crippen LogP contribution in [-0.4, -0.2) is 32.7 Å². The van der Waals surface area contributed by atoms with E-state index in [9.17, 15) is 4.79 Å². The molecule has 0 radical (unpaired) electrons. The maximum atomic E-state index is 12.9. The van der Waals surface area contributed by atoms with Crippen molar-refractivity contribution in [1.82, 2.24) is 0 Å². The van der Waals surface area contributed by atoms with E-state index < -0.39 is 0 Å². The van der Waals surface area contributed by atoms with Crippen molar-refractivity contribution in [1.29, 1.82) is 0 Å². The summed E-state index contributed by atoms with van der Waals surface area (Å²) in [6.45, 7) is 2.73. The van der Waals surface area contributed by atoms with Crippen molar-refractivity contribution in [3.63, 3.8) is 0 Å². The van der Waals surface area contributed by atoms with Crippen LogP contribution >= 0.6 is 0 Å². The number of anilines is 3. The summed E-state index contributed by atoms with van der Waals surface area (Å²) in [7, 11) is 3.16. The Morgan fingerprint density at radius 3 is 2.77 bits per heavy atom. The molecule has 0 bridgehead atoms. The van der Waals surface area contributed by atoms with E-state index in [2.05, 4.69) is 10.2 Å². The van der Waals surface area contributed by atoms with Gasteiger partial charge in [0.1, 0.15) is 17.5 Å². The molecule has 1 unspecified atom stereocenters. The van der Waals surface area contributed by atoms with Gasteiger partial charge < -0.3 is 25.4 Å². The predicted molar refractivity (Wildman–Crippen MR) is 104 cm³/mol. The van der Waals surface area contributed by atoms with E-state index in [4.69, 9.17) is 15.2 Å². The summed E-state index contributed by atoms with van der Waals surface area (Å²) in [5.74, 6) is 1.14. The van der Waals surface area contributed by atoms with Gasteiger partial charge in [-0.3, -0.25) is 4.79 Å². The zero-order valence-corrected chi connectivity index (χ0v) is 15.4. The molecule has 3 rings (SSSR count). The van der Waals surface area contributed by atoms with Crippen LogP contribution in [0.5, 0.6) is 11.5 Å². The van der Waals surface area contributed by atoms with Crippen molar-refractivity contribution in [2.24, 2.45) is 0 Å². The van der Waals surface area contributed by atoms with Crippen LogP contribution in [0.2, 0.25) is 0 Å². The van der Waals surface area contributed by atoms with Crippen molar-refractivity contribution >= 4 is 23.0 Å². The smallest absolute Gasteiger partial charge is 0.246 e. The minimum absolute atomic E-state index is 0.0938. The quantitative estimate of drug-likeness (QED) is 0.806. The summed E-state index contributed by atoms with van der Waals surface area (Å²) in [6, 6.07) is 10.9. The molecule has 1 aliphatic heterocycles. The highest BCUT2D eigenvalue weighted by molar-refractivity contribution is 5.98. The van der Waals surface area contributed by atoms with Gasteiger partial charge in [0, 0.05) is 24.0 Å². The van der Waals surface area contributed by atoms with Crippen LogP contribution in [0.15, 0.2) is 36.4 Å². The predicted octanol–water partition coefficient (Wildman–Crippen LogP) is 3.07. The molecule has 0 fully saturated rings. The first-order chi connectivity index (χ1) is 12.5. The Morgan fingerprint density at radius 1 is 1.23 bits per heavy atom. The molecular weight excluding hydrogens is 330 g/mol. The largest absolute Gasteiger partial charge is 0.497 e. The van der Waals surface area contributed by atoms with Gasteiger partial charge in [-0.15, -0.1) is 0 Å². The number of nitrogens with two attached hydrogens (primary N) is 1. The first-order valence-electron chi connectivity index (χ1n) is 8.72. The van der Waals surface area contributed by atoms with Crippen molar-refractivity contribution in [2.45, 2.75) is 25.8 Å². The lowest BCUT2D eigenvalue weighted by molar-refractivity contribution is -0.117. The third-order valence-corrected chi connectivity index (χ3v) is 4.84. The average Bonchev–Trinajstić information content (AvgIpc) is 2.67. The topological polar surface area (TPSA) is 76.8 Å². The standard InChI is InChI=1S/C20H25N3O3/c1-13(23-11-5-6-15-16(21)7-4-8-18(15)23)20(24)22-17-10-9-14(25-2)12-19(17)26-3/h4,7-10,12-13H,5-6,11,21H2,1-3H3,(H,22,24). The van der Waals surface area contributed by atoms with Gasteiger partial charge in [0.15, 0.2) is 0 Å². The molecule has 1 atom stereocenters. The van der Waals surface area contributed by atoms with Crippen LogP contribution < -0.4 is 25.4 Å². The number of hydrogen-bond donors (Lipinski definition) is 2. The van der Waals surface area contributed by atoms with Gasteiger partial charge in [-0.25, -0.2) is 0 Å². The Balaban J connectivity index is 1.81. The number of rotatable bonds is 5. The number of ether oxygens (including phenoxy) is 2. The number of carbonyl (C=O) groups is 1. The second-order valence-electron chi connectivity index (χ2n) is 6.37. The highest BCUT2D eigenvalue weighted by atomic mass is 16.5. The van der Waals surface area contributed by atoms with E-state index in [0.29, 0.717) is 17.2 Å². The van der Waals surface area contributed by atoms with E-state index in [1.165, 1.54) is 0 Å². The zero-order valence-electron chi connectivity index (χ0n) is 15.4. The minimum atomic E-state index is -0.331. The minimum Gasteiger partial charge on any atom is -0.497 e. The molecule has 0 aliphatic carbocycles. The molecule has 6 nitrogen and oxygen atoms in total. The molecule has 1 aliphatic rings. The van der Waals surface area contributed by atoms with E-state index in [0.717, 1.165) is 36.3 Å². The van der Waals surface area contributed by atoms with Crippen LogP contribution in [0.3, 0.4) is 0 Å². The van der Waals surface area contributed by atoms with Crippen LogP contribution in [0.4, 0.5) is 17.1 Å². The van der Waals surface area contributed by atoms with E-state index in [-0.39, 0.29) is 11.9 Å².